The van der Waals surface area contributed by atoms with Crippen LogP contribution >= 0.6 is 0 Å². The predicted octanol–water partition coefficient (Wildman–Crippen LogP) is 7.40. The van der Waals surface area contributed by atoms with Crippen molar-refractivity contribution in [2.45, 2.75) is 47.7 Å². The number of benzene rings is 2. The van der Waals surface area contributed by atoms with Gasteiger partial charge in [0, 0.05) is 53.1 Å². The molecule has 6 rings (SSSR count). The third-order valence-corrected chi connectivity index (χ3v) is 5.40. The van der Waals surface area contributed by atoms with Crippen molar-refractivity contribution in [1.82, 2.24) is 24.8 Å². The number of fused-ring (bicyclic) bond motifs is 3. The van der Waals surface area contributed by atoms with Gasteiger partial charge in [-0.1, -0.05) is 62.2 Å². The van der Waals surface area contributed by atoms with Crippen LogP contribution < -0.4 is 0 Å². The van der Waals surface area contributed by atoms with Crippen LogP contribution in [0.25, 0.3) is 39.3 Å². The maximum absolute atomic E-state index is 8.66. The van der Waals surface area contributed by atoms with Crippen LogP contribution in [0, 0.1) is 38.1 Å². The average molecular weight is 705 g/mol. The molecule has 0 unspecified atom stereocenters. The molecule has 6 nitrogen and oxygen atoms in total. The Morgan fingerprint density at radius 3 is 2.46 bits per heavy atom. The normalized spacial score (nSPS) is 16.7. The Morgan fingerprint density at radius 2 is 1.77 bits per heavy atom. The van der Waals surface area contributed by atoms with Gasteiger partial charge in [-0.15, -0.1) is 58.7 Å². The van der Waals surface area contributed by atoms with Crippen LogP contribution in [0.3, 0.4) is 0 Å². The fourth-order valence-corrected chi connectivity index (χ4v) is 3.74. The third-order valence-electron chi connectivity index (χ3n) is 5.40. The van der Waals surface area contributed by atoms with E-state index in [2.05, 4.69) is 32.4 Å². The number of aromatic nitrogens is 5. The van der Waals surface area contributed by atoms with E-state index in [1.807, 2.05) is 0 Å². The number of nitrogens with zero attached hydrogens (tertiary/aromatic N) is 5. The second-order valence-corrected chi connectivity index (χ2v) is 9.57. The molecule has 39 heavy (non-hydrogen) atoms. The second-order valence-electron chi connectivity index (χ2n) is 9.57. The van der Waals surface area contributed by atoms with Gasteiger partial charge >= 0.3 is 0 Å². The first-order valence-electron chi connectivity index (χ1n) is 17.2. The first-order valence-corrected chi connectivity index (χ1v) is 11.7. The topological polar surface area (TPSA) is 69.1 Å². The molecule has 4 heterocycles. The van der Waals surface area contributed by atoms with Gasteiger partial charge in [0.25, 0.3) is 0 Å². The SMILES string of the molecule is [2H]C([2H])([2H])c1c[c-]c(-c2ccc(C([2H])([2H])[2H])cn2)cc1.[2H]C([2H])([2H])c1cnc(-c2[c-]ccc3c2oc2cnnn23)cc1C([2H])([2H])C(C)(C)C.[Ir]. The summed E-state index contributed by atoms with van der Waals surface area (Å²) in [5.41, 5.74) is 3.13. The van der Waals surface area contributed by atoms with Gasteiger partial charge in [-0.05, 0) is 48.0 Å². The van der Waals surface area contributed by atoms with Gasteiger partial charge in [-0.2, -0.15) is 4.52 Å². The Hall–Kier alpha value is -3.67. The first kappa shape index (κ1) is 17.1. The van der Waals surface area contributed by atoms with Crippen LogP contribution in [0.1, 0.15) is 58.1 Å². The Labute approximate surface area is 258 Å². The number of hydrogen-bond acceptors (Lipinski definition) is 5. The van der Waals surface area contributed by atoms with Crippen LogP contribution in [0.2, 0.25) is 0 Å². The second kappa shape index (κ2) is 11.6. The summed E-state index contributed by atoms with van der Waals surface area (Å²) in [6.45, 7) is -1.63. The molecule has 201 valence electrons. The minimum absolute atomic E-state index is 0. The maximum Gasteiger partial charge on any atom is 0.232 e. The molecule has 2 aromatic carbocycles. The summed E-state index contributed by atoms with van der Waals surface area (Å²) < 4.78 is 91.8. The van der Waals surface area contributed by atoms with Gasteiger partial charge in [0.1, 0.15) is 6.20 Å². The van der Waals surface area contributed by atoms with Crippen molar-refractivity contribution >= 4 is 16.8 Å². The van der Waals surface area contributed by atoms with E-state index < -0.39 is 32.3 Å². The number of pyridine rings is 2. The van der Waals surface area contributed by atoms with Crippen molar-refractivity contribution in [1.29, 1.82) is 0 Å². The van der Waals surface area contributed by atoms with Gasteiger partial charge in [-0.25, -0.2) is 0 Å². The van der Waals surface area contributed by atoms with E-state index in [4.69, 9.17) is 19.5 Å². The molecule has 0 aliphatic carbocycles. The molecule has 7 heteroatoms. The number of aryl methyl sites for hydroxylation is 3. The Bertz CT molecular complexity index is 2040. The Balaban J connectivity index is 0.000000236. The van der Waals surface area contributed by atoms with Crippen LogP contribution in [-0.2, 0) is 26.5 Å². The monoisotopic (exact) mass is 705 g/mol. The molecule has 0 saturated carbocycles. The van der Waals surface area contributed by atoms with E-state index in [1.54, 1.807) is 49.6 Å². The zero-order chi connectivity index (χ0) is 36.2. The molecule has 4 aromatic heterocycles. The van der Waals surface area contributed by atoms with E-state index in [0.29, 0.717) is 39.3 Å². The average Bonchev–Trinajstić information content (AvgIpc) is 3.61. The molecule has 6 aromatic rings. The third kappa shape index (κ3) is 6.49. The summed E-state index contributed by atoms with van der Waals surface area (Å²) in [7, 11) is 0. The van der Waals surface area contributed by atoms with E-state index >= 15 is 0 Å². The number of rotatable bonds is 3. The summed E-state index contributed by atoms with van der Waals surface area (Å²) in [4.78, 5) is 8.39. The molecule has 0 aliphatic rings. The van der Waals surface area contributed by atoms with E-state index in [9.17, 15) is 0 Å². The standard InChI is InChI=1S/C19H19N4O.C13H12N.Ir/c1-12-10-20-15(8-13(12)9-19(2,3)4)14-6-5-7-16-18(14)24-17-11-21-22-23(16)17;1-10-3-6-12(7-4-10)13-8-5-11(2)9-14-13;/h5,7-8,10-11H,9H2,1-4H3;3-6,8-9H,1-2H3;/q2*-1;/i1D3,9D2;1D3,2D3;. The molecule has 0 fully saturated rings. The molecule has 0 aliphatic heterocycles. The minimum atomic E-state index is -2.49. The molecule has 0 amide bonds. The van der Waals surface area contributed by atoms with Crippen molar-refractivity contribution in [2.24, 2.45) is 5.41 Å². The van der Waals surface area contributed by atoms with Gasteiger partial charge in [0.05, 0.1) is 5.58 Å². The zero-order valence-electron chi connectivity index (χ0n) is 32.3. The van der Waals surface area contributed by atoms with Crippen LogP contribution in [-0.4, -0.2) is 24.8 Å². The smallest absolute Gasteiger partial charge is 0.232 e. The summed E-state index contributed by atoms with van der Waals surface area (Å²) in [5, 5.41) is 7.79. The van der Waals surface area contributed by atoms with Crippen molar-refractivity contribution in [2.75, 3.05) is 0 Å². The molecular weight excluding hydrogens is 663 g/mol. The van der Waals surface area contributed by atoms with Crippen molar-refractivity contribution in [3.05, 3.63) is 102 Å². The van der Waals surface area contributed by atoms with Crippen LogP contribution in [0.15, 0.2) is 71.5 Å². The van der Waals surface area contributed by atoms with Crippen molar-refractivity contribution < 1.29 is 39.6 Å². The molecular formula is C32H31IrN5O-2. The Kier molecular flexibility index (Phi) is 5.09. The van der Waals surface area contributed by atoms with Crippen molar-refractivity contribution in [3.63, 3.8) is 0 Å². The maximum atomic E-state index is 8.66. The Morgan fingerprint density at radius 1 is 0.949 bits per heavy atom. The minimum Gasteiger partial charge on any atom is -0.484 e. The molecule has 0 N–H and O–H groups in total. The fourth-order valence-electron chi connectivity index (χ4n) is 3.74. The number of oxazole rings is 1. The fraction of sp³-hybridized carbons (Fsp3) is 0.250. The van der Waals surface area contributed by atoms with E-state index in [-0.39, 0.29) is 42.4 Å². The molecule has 0 saturated heterocycles. The summed E-state index contributed by atoms with van der Waals surface area (Å²) in [5.74, 6) is 0. The zero-order valence-corrected chi connectivity index (χ0v) is 23.7. The predicted molar refractivity (Wildman–Crippen MR) is 151 cm³/mol. The first-order chi connectivity index (χ1) is 22.6. The van der Waals surface area contributed by atoms with Gasteiger partial charge < -0.3 is 14.4 Å². The van der Waals surface area contributed by atoms with E-state index in [0.717, 1.165) is 0 Å². The molecule has 0 bridgehead atoms. The largest absolute Gasteiger partial charge is 0.484 e. The summed E-state index contributed by atoms with van der Waals surface area (Å²) in [6.07, 6.45) is 2.10. The molecule has 1 radical (unpaired) electrons. The quantitative estimate of drug-likeness (QED) is 0.180. The molecule has 0 spiro atoms. The van der Waals surface area contributed by atoms with Gasteiger partial charge in [0.2, 0.25) is 5.71 Å². The summed E-state index contributed by atoms with van der Waals surface area (Å²) in [6, 6.07) is 18.5. The summed E-state index contributed by atoms with van der Waals surface area (Å²) >= 11 is 0. The molecule has 0 atom stereocenters. The van der Waals surface area contributed by atoms with Crippen molar-refractivity contribution in [3.8, 4) is 22.5 Å². The van der Waals surface area contributed by atoms with Crippen LogP contribution in [0.4, 0.5) is 0 Å². The van der Waals surface area contributed by atoms with Gasteiger partial charge in [-0.3, -0.25) is 0 Å². The van der Waals surface area contributed by atoms with Crippen LogP contribution in [0.5, 0.6) is 0 Å². The van der Waals surface area contributed by atoms with E-state index in [1.165, 1.54) is 42.9 Å². The van der Waals surface area contributed by atoms with Gasteiger partial charge in [0.15, 0.2) is 0 Å². The number of hydrogen-bond donors (Lipinski definition) is 0.